The minimum absolute atomic E-state index is 0.00273. The normalized spacial score (nSPS) is 19.8. The Morgan fingerprint density at radius 2 is 1.64 bits per heavy atom. The summed E-state index contributed by atoms with van der Waals surface area (Å²) in [5, 5.41) is 0.386. The van der Waals surface area contributed by atoms with E-state index in [1.165, 1.54) is 24.1 Å². The first-order valence-corrected chi connectivity index (χ1v) is 15.3. The molecule has 0 saturated heterocycles. The van der Waals surface area contributed by atoms with Gasteiger partial charge in [0.25, 0.3) is 0 Å². The van der Waals surface area contributed by atoms with E-state index in [1.54, 1.807) is 62.4 Å². The SMILES string of the molecule is CCOC(=O)C1=C(N)N(c2cccc(C(F)(F)F)c2)C2=C(C(=O)[C@H](C(=O)OCC)[C@@H](c3cccc(OC)c3)C2)[C@@H]1c1ccc(Cl)cc1. The molecule has 12 heteroatoms. The Kier molecular flexibility index (Phi) is 9.67. The van der Waals surface area contributed by atoms with Crippen LogP contribution in [0.4, 0.5) is 18.9 Å². The van der Waals surface area contributed by atoms with E-state index in [2.05, 4.69) is 0 Å². The fourth-order valence-electron chi connectivity index (χ4n) is 6.23. The lowest BCUT2D eigenvalue weighted by Gasteiger charge is -2.44. The molecular weight excluding hydrogens is 637 g/mol. The summed E-state index contributed by atoms with van der Waals surface area (Å²) in [6.45, 7) is 3.16. The van der Waals surface area contributed by atoms with Crippen LogP contribution >= 0.6 is 11.6 Å². The smallest absolute Gasteiger partial charge is 0.416 e. The maximum atomic E-state index is 14.9. The number of Topliss-reactive ketones (excluding diaryl/α,β-unsaturated/α-hetero) is 1. The third-order valence-corrected chi connectivity index (χ3v) is 8.48. The predicted molar refractivity (Wildman–Crippen MR) is 168 cm³/mol. The number of halogens is 4. The maximum absolute atomic E-state index is 14.9. The van der Waals surface area contributed by atoms with Gasteiger partial charge in [-0.3, -0.25) is 14.5 Å². The highest BCUT2D eigenvalue weighted by atomic mass is 35.5. The number of carbonyl (C=O) groups excluding carboxylic acids is 3. The van der Waals surface area contributed by atoms with Crippen molar-refractivity contribution in [1.29, 1.82) is 0 Å². The number of anilines is 1. The van der Waals surface area contributed by atoms with Crippen LogP contribution in [0.3, 0.4) is 0 Å². The van der Waals surface area contributed by atoms with E-state index in [4.69, 9.17) is 31.5 Å². The van der Waals surface area contributed by atoms with Crippen LogP contribution < -0.4 is 15.4 Å². The first-order chi connectivity index (χ1) is 22.4. The molecule has 1 aliphatic carbocycles. The Hall–Kier alpha value is -4.77. The molecule has 3 aromatic rings. The van der Waals surface area contributed by atoms with Crippen molar-refractivity contribution in [2.45, 2.75) is 38.3 Å². The maximum Gasteiger partial charge on any atom is 0.416 e. The van der Waals surface area contributed by atoms with Gasteiger partial charge in [0.2, 0.25) is 0 Å². The molecule has 5 rings (SSSR count). The van der Waals surface area contributed by atoms with Crippen molar-refractivity contribution in [3.8, 4) is 5.75 Å². The first-order valence-electron chi connectivity index (χ1n) is 14.9. The van der Waals surface area contributed by atoms with E-state index in [1.807, 2.05) is 0 Å². The molecule has 3 atom stereocenters. The number of esters is 2. The average Bonchev–Trinajstić information content (AvgIpc) is 3.04. The number of alkyl halides is 3. The number of hydrogen-bond donors (Lipinski definition) is 1. The molecule has 2 N–H and O–H groups in total. The highest BCUT2D eigenvalue weighted by Gasteiger charge is 2.51. The van der Waals surface area contributed by atoms with E-state index in [0.717, 1.165) is 12.1 Å². The van der Waals surface area contributed by atoms with E-state index in [9.17, 15) is 27.6 Å². The number of ether oxygens (including phenoxy) is 3. The summed E-state index contributed by atoms with van der Waals surface area (Å²) in [5.41, 5.74) is 6.85. The molecule has 47 heavy (non-hydrogen) atoms. The third-order valence-electron chi connectivity index (χ3n) is 8.23. The quantitative estimate of drug-likeness (QED) is 0.204. The topological polar surface area (TPSA) is 108 Å². The summed E-state index contributed by atoms with van der Waals surface area (Å²) in [4.78, 5) is 43.5. The lowest BCUT2D eigenvalue weighted by atomic mass is 9.67. The van der Waals surface area contributed by atoms with Crippen LogP contribution in [0, 0.1) is 5.92 Å². The van der Waals surface area contributed by atoms with Gasteiger partial charge in [-0.25, -0.2) is 4.79 Å². The molecule has 2 aliphatic rings. The van der Waals surface area contributed by atoms with Crippen LogP contribution in [-0.2, 0) is 30.0 Å². The summed E-state index contributed by atoms with van der Waals surface area (Å²) in [5.74, 6) is -5.38. The second-order valence-corrected chi connectivity index (χ2v) is 11.4. The van der Waals surface area contributed by atoms with Gasteiger partial charge in [-0.1, -0.05) is 41.9 Å². The molecule has 0 radical (unpaired) electrons. The van der Waals surface area contributed by atoms with E-state index >= 15 is 0 Å². The summed E-state index contributed by atoms with van der Waals surface area (Å²) >= 11 is 6.18. The summed E-state index contributed by atoms with van der Waals surface area (Å²) in [7, 11) is 1.48. The molecule has 8 nitrogen and oxygen atoms in total. The number of carbonyl (C=O) groups is 3. The molecule has 0 unspecified atom stereocenters. The Morgan fingerprint density at radius 1 is 0.957 bits per heavy atom. The standard InChI is InChI=1S/C35H32ClF3N2O6/c1-4-46-33(43)28-25(20-8-6-11-24(16-20)45-3)18-26-29(31(28)42)27(19-12-14-22(36)15-13-19)30(34(44)47-5-2)32(40)41(26)23-10-7-9-21(17-23)35(37,38)39/h6-17,25,27-28H,4-5,18,40H2,1-3H3/t25-,27+,28-/m1/s1. The molecule has 0 bridgehead atoms. The Balaban J connectivity index is 1.84. The second-order valence-electron chi connectivity index (χ2n) is 10.9. The van der Waals surface area contributed by atoms with Crippen LogP contribution in [0.25, 0.3) is 0 Å². The zero-order valence-electron chi connectivity index (χ0n) is 25.8. The summed E-state index contributed by atoms with van der Waals surface area (Å²) in [6.07, 6.45) is -4.73. The fourth-order valence-corrected chi connectivity index (χ4v) is 6.36. The minimum Gasteiger partial charge on any atom is -0.497 e. The number of hydrogen-bond acceptors (Lipinski definition) is 8. The van der Waals surface area contributed by atoms with Gasteiger partial charge in [-0.2, -0.15) is 13.2 Å². The molecule has 1 aliphatic heterocycles. The van der Waals surface area contributed by atoms with Gasteiger partial charge in [0.1, 0.15) is 17.5 Å². The zero-order valence-corrected chi connectivity index (χ0v) is 26.5. The van der Waals surface area contributed by atoms with Crippen molar-refractivity contribution in [1.82, 2.24) is 0 Å². The number of nitrogens with two attached hydrogens (primary N) is 1. The van der Waals surface area contributed by atoms with Gasteiger partial charge >= 0.3 is 18.1 Å². The number of benzene rings is 3. The molecule has 0 aromatic heterocycles. The number of methoxy groups -OCH3 is 1. The lowest BCUT2D eigenvalue weighted by Crippen LogP contribution is -2.46. The van der Waals surface area contributed by atoms with E-state index in [0.29, 0.717) is 21.9 Å². The molecule has 0 fully saturated rings. The highest BCUT2D eigenvalue weighted by Crippen LogP contribution is 2.52. The van der Waals surface area contributed by atoms with Crippen molar-refractivity contribution in [3.63, 3.8) is 0 Å². The summed E-state index contributed by atoms with van der Waals surface area (Å²) < 4.78 is 58.0. The molecule has 0 saturated carbocycles. The van der Waals surface area contributed by atoms with Crippen LogP contribution in [0.5, 0.6) is 5.75 Å². The number of rotatable bonds is 8. The molecule has 3 aromatic carbocycles. The molecule has 0 amide bonds. The van der Waals surface area contributed by atoms with Crippen molar-refractivity contribution < 1.29 is 41.8 Å². The largest absolute Gasteiger partial charge is 0.497 e. The van der Waals surface area contributed by atoms with Gasteiger partial charge in [-0.15, -0.1) is 0 Å². The van der Waals surface area contributed by atoms with Crippen LogP contribution in [0.1, 0.15) is 48.8 Å². The van der Waals surface area contributed by atoms with E-state index in [-0.39, 0.29) is 48.0 Å². The van der Waals surface area contributed by atoms with E-state index < -0.39 is 47.2 Å². The van der Waals surface area contributed by atoms with Crippen LogP contribution in [-0.4, -0.2) is 38.0 Å². The van der Waals surface area contributed by atoms with Gasteiger partial charge in [-0.05, 0) is 73.9 Å². The van der Waals surface area contributed by atoms with Gasteiger partial charge in [0.15, 0.2) is 5.78 Å². The van der Waals surface area contributed by atoms with Crippen molar-refractivity contribution >= 4 is 35.0 Å². The number of allylic oxidation sites excluding steroid dienone is 2. The van der Waals surface area contributed by atoms with Crippen molar-refractivity contribution in [3.05, 3.63) is 117 Å². The van der Waals surface area contributed by atoms with Gasteiger partial charge in [0.05, 0.1) is 37.4 Å². The van der Waals surface area contributed by atoms with Gasteiger partial charge in [0, 0.05) is 27.9 Å². The zero-order chi connectivity index (χ0) is 34.0. The van der Waals surface area contributed by atoms with Gasteiger partial charge < -0.3 is 19.9 Å². The summed E-state index contributed by atoms with van der Waals surface area (Å²) in [6, 6.07) is 17.6. The monoisotopic (exact) mass is 668 g/mol. The number of nitrogens with zero attached hydrogens (tertiary/aromatic N) is 1. The Labute approximate surface area is 274 Å². The molecule has 246 valence electrons. The predicted octanol–water partition coefficient (Wildman–Crippen LogP) is 6.89. The fraction of sp³-hybridized carbons (Fsp3) is 0.286. The van der Waals surface area contributed by atoms with Crippen LogP contribution in [0.15, 0.2) is 95.5 Å². The molecule has 1 heterocycles. The Bertz CT molecular complexity index is 1770. The average molecular weight is 669 g/mol. The minimum atomic E-state index is -4.70. The highest BCUT2D eigenvalue weighted by molar-refractivity contribution is 6.30. The third kappa shape index (κ3) is 6.44. The van der Waals surface area contributed by atoms with Crippen LogP contribution in [0.2, 0.25) is 5.02 Å². The second kappa shape index (κ2) is 13.5. The van der Waals surface area contributed by atoms with Crippen molar-refractivity contribution in [2.75, 3.05) is 25.2 Å². The lowest BCUT2D eigenvalue weighted by molar-refractivity contribution is -0.152. The molecular formula is C35H32ClF3N2O6. The molecule has 0 spiro atoms. The number of ketones is 1. The van der Waals surface area contributed by atoms with Crippen molar-refractivity contribution in [2.24, 2.45) is 11.7 Å². The Morgan fingerprint density at radius 3 is 2.28 bits per heavy atom. The first kappa shape index (κ1) is 33.6.